The Balaban J connectivity index is 3.57. The third-order valence-electron chi connectivity index (χ3n) is 4.31. The van der Waals surface area contributed by atoms with Gasteiger partial charge < -0.3 is 20.3 Å². The highest BCUT2D eigenvalue weighted by Crippen LogP contribution is 2.12. The summed E-state index contributed by atoms with van der Waals surface area (Å²) in [6, 6.07) is 0. The summed E-state index contributed by atoms with van der Waals surface area (Å²) in [4.78, 5) is 13.7. The van der Waals surface area contributed by atoms with E-state index < -0.39 is 0 Å². The average molecular weight is 385 g/mol. The largest absolute Gasteiger partial charge is 0.465 e. The molecule has 0 saturated heterocycles. The highest BCUT2D eigenvalue weighted by atomic mass is 16.5. The van der Waals surface area contributed by atoms with E-state index in [0.717, 1.165) is 38.8 Å². The lowest BCUT2D eigenvalue weighted by molar-refractivity contribution is -0.143. The summed E-state index contributed by atoms with van der Waals surface area (Å²) >= 11 is 0. The molecule has 158 valence electrons. The van der Waals surface area contributed by atoms with Gasteiger partial charge >= 0.3 is 5.97 Å². The number of esters is 1. The van der Waals surface area contributed by atoms with Crippen LogP contribution in [0.3, 0.4) is 0 Å². The molecule has 0 aliphatic heterocycles. The van der Waals surface area contributed by atoms with Gasteiger partial charge in [-0.2, -0.15) is 0 Å². The molecule has 0 rings (SSSR count). The van der Waals surface area contributed by atoms with Crippen LogP contribution in [0.5, 0.6) is 0 Å². The van der Waals surface area contributed by atoms with E-state index in [1.165, 1.54) is 6.42 Å². The molecule has 27 heavy (non-hydrogen) atoms. The lowest BCUT2D eigenvalue weighted by Gasteiger charge is -2.19. The standard InChI is InChI=1S/C21H40N2O4/c1-3-9-20(4-2)10-6-5-7-19-27-21(26)11-13-22-12-8-14-23(15-17-24)16-18-25/h4-6,20,22,24-25H,2-3,7-19H2,1H3/b6-5-. The Kier molecular flexibility index (Phi) is 18.7. The highest BCUT2D eigenvalue weighted by molar-refractivity contribution is 5.69. The van der Waals surface area contributed by atoms with Gasteiger partial charge in [0.2, 0.25) is 0 Å². The topological polar surface area (TPSA) is 82.0 Å². The molecular weight excluding hydrogens is 344 g/mol. The predicted octanol–water partition coefficient (Wildman–Crippen LogP) is 2.12. The van der Waals surface area contributed by atoms with E-state index in [2.05, 4.69) is 31.0 Å². The number of nitrogens with zero attached hydrogens (tertiary/aromatic N) is 1. The molecule has 0 aliphatic rings. The van der Waals surface area contributed by atoms with Crippen molar-refractivity contribution >= 4 is 5.97 Å². The van der Waals surface area contributed by atoms with Gasteiger partial charge in [0.25, 0.3) is 0 Å². The van der Waals surface area contributed by atoms with Gasteiger partial charge in [-0.05, 0) is 44.7 Å². The second kappa shape index (κ2) is 19.5. The summed E-state index contributed by atoms with van der Waals surface area (Å²) in [6.45, 7) is 10.0. The molecule has 1 atom stereocenters. The number of rotatable bonds is 19. The Labute approximate surface area is 165 Å². The summed E-state index contributed by atoms with van der Waals surface area (Å²) in [5.74, 6) is 0.368. The molecule has 0 saturated carbocycles. The Morgan fingerprint density at radius 1 is 1.19 bits per heavy atom. The van der Waals surface area contributed by atoms with Gasteiger partial charge in [-0.3, -0.25) is 9.69 Å². The first kappa shape index (κ1) is 25.8. The molecule has 0 aromatic carbocycles. The van der Waals surface area contributed by atoms with E-state index in [4.69, 9.17) is 14.9 Å². The van der Waals surface area contributed by atoms with Crippen LogP contribution in [0.25, 0.3) is 0 Å². The number of aliphatic hydroxyl groups excluding tert-OH is 2. The van der Waals surface area contributed by atoms with Crippen molar-refractivity contribution in [2.75, 3.05) is 52.5 Å². The zero-order valence-electron chi connectivity index (χ0n) is 17.1. The molecule has 0 amide bonds. The quantitative estimate of drug-likeness (QED) is 0.180. The Morgan fingerprint density at radius 3 is 2.56 bits per heavy atom. The summed E-state index contributed by atoms with van der Waals surface area (Å²) in [7, 11) is 0. The van der Waals surface area contributed by atoms with Crippen molar-refractivity contribution in [3.63, 3.8) is 0 Å². The van der Waals surface area contributed by atoms with E-state index in [1.54, 1.807) is 0 Å². The third-order valence-corrected chi connectivity index (χ3v) is 4.31. The van der Waals surface area contributed by atoms with E-state index >= 15 is 0 Å². The number of ether oxygens (including phenoxy) is 1. The number of hydrogen-bond acceptors (Lipinski definition) is 6. The van der Waals surface area contributed by atoms with E-state index in [0.29, 0.717) is 38.6 Å². The minimum absolute atomic E-state index is 0.0992. The maximum atomic E-state index is 11.7. The third kappa shape index (κ3) is 16.7. The van der Waals surface area contributed by atoms with Gasteiger partial charge in [0, 0.05) is 19.6 Å². The zero-order chi connectivity index (χ0) is 20.2. The Morgan fingerprint density at radius 2 is 1.93 bits per heavy atom. The minimum Gasteiger partial charge on any atom is -0.465 e. The van der Waals surface area contributed by atoms with E-state index in [-0.39, 0.29) is 19.2 Å². The number of carbonyl (C=O) groups is 1. The number of hydrogen-bond donors (Lipinski definition) is 3. The SMILES string of the molecule is C=CC(C/C=C\CCOC(=O)CCNCCCN(CCO)CCO)CCC. The summed E-state index contributed by atoms with van der Waals surface area (Å²) in [5, 5.41) is 21.1. The Bertz CT molecular complexity index is 382. The van der Waals surface area contributed by atoms with Crippen LogP contribution in [0.4, 0.5) is 0 Å². The average Bonchev–Trinajstić information content (AvgIpc) is 2.66. The molecule has 0 heterocycles. The van der Waals surface area contributed by atoms with Gasteiger partial charge in [-0.25, -0.2) is 0 Å². The molecule has 6 nitrogen and oxygen atoms in total. The molecule has 6 heteroatoms. The number of aliphatic hydroxyl groups is 2. The van der Waals surface area contributed by atoms with E-state index in [1.807, 2.05) is 11.0 Å². The van der Waals surface area contributed by atoms with Crippen molar-refractivity contribution < 1.29 is 19.7 Å². The van der Waals surface area contributed by atoms with Crippen LogP contribution in [0, 0.1) is 5.92 Å². The summed E-state index contributed by atoms with van der Waals surface area (Å²) in [5.41, 5.74) is 0. The smallest absolute Gasteiger partial charge is 0.307 e. The first-order valence-corrected chi connectivity index (χ1v) is 10.3. The molecular formula is C21H40N2O4. The molecule has 3 N–H and O–H groups in total. The first-order chi connectivity index (χ1) is 13.2. The molecule has 0 aromatic rings. The predicted molar refractivity (Wildman–Crippen MR) is 111 cm³/mol. The van der Waals surface area contributed by atoms with Crippen LogP contribution in [-0.4, -0.2) is 73.6 Å². The van der Waals surface area contributed by atoms with Crippen molar-refractivity contribution in [1.29, 1.82) is 0 Å². The maximum absolute atomic E-state index is 11.7. The lowest BCUT2D eigenvalue weighted by atomic mass is 10.00. The van der Waals surface area contributed by atoms with Crippen molar-refractivity contribution in [3.05, 3.63) is 24.8 Å². The van der Waals surface area contributed by atoms with Crippen molar-refractivity contribution in [2.45, 2.75) is 45.4 Å². The minimum atomic E-state index is -0.173. The monoisotopic (exact) mass is 384 g/mol. The highest BCUT2D eigenvalue weighted by Gasteiger charge is 2.04. The molecule has 0 bridgehead atoms. The lowest BCUT2D eigenvalue weighted by Crippen LogP contribution is -2.32. The second-order valence-electron chi connectivity index (χ2n) is 6.64. The van der Waals surface area contributed by atoms with Gasteiger partial charge in [-0.15, -0.1) is 6.58 Å². The van der Waals surface area contributed by atoms with Crippen molar-refractivity contribution in [3.8, 4) is 0 Å². The number of carbonyl (C=O) groups excluding carboxylic acids is 1. The first-order valence-electron chi connectivity index (χ1n) is 10.3. The molecule has 0 aromatic heterocycles. The van der Waals surface area contributed by atoms with Gasteiger partial charge in [0.15, 0.2) is 0 Å². The molecule has 0 radical (unpaired) electrons. The fourth-order valence-corrected chi connectivity index (χ4v) is 2.77. The van der Waals surface area contributed by atoms with Crippen LogP contribution >= 0.6 is 0 Å². The van der Waals surface area contributed by atoms with Crippen LogP contribution in [-0.2, 0) is 9.53 Å². The number of allylic oxidation sites excluding steroid dienone is 2. The van der Waals surface area contributed by atoms with Crippen LogP contribution in [0.1, 0.15) is 45.4 Å². The summed E-state index contributed by atoms with van der Waals surface area (Å²) in [6.07, 6.45) is 11.6. The fourth-order valence-electron chi connectivity index (χ4n) is 2.77. The molecule has 0 fully saturated rings. The molecule has 0 aliphatic carbocycles. The molecule has 1 unspecified atom stereocenters. The van der Waals surface area contributed by atoms with Crippen LogP contribution in [0.2, 0.25) is 0 Å². The fraction of sp³-hybridized carbons (Fsp3) is 0.762. The van der Waals surface area contributed by atoms with Gasteiger partial charge in [0.05, 0.1) is 26.2 Å². The maximum Gasteiger partial charge on any atom is 0.307 e. The second-order valence-corrected chi connectivity index (χ2v) is 6.64. The van der Waals surface area contributed by atoms with E-state index in [9.17, 15) is 4.79 Å². The number of nitrogens with one attached hydrogen (secondary N) is 1. The van der Waals surface area contributed by atoms with Crippen molar-refractivity contribution in [1.82, 2.24) is 10.2 Å². The summed E-state index contributed by atoms with van der Waals surface area (Å²) < 4.78 is 5.22. The van der Waals surface area contributed by atoms with Crippen molar-refractivity contribution in [2.24, 2.45) is 5.92 Å². The zero-order valence-corrected chi connectivity index (χ0v) is 17.1. The van der Waals surface area contributed by atoms with Crippen LogP contribution in [0.15, 0.2) is 24.8 Å². The molecule has 0 spiro atoms. The van der Waals surface area contributed by atoms with Gasteiger partial charge in [-0.1, -0.05) is 31.6 Å². The normalized spacial score (nSPS) is 12.6. The van der Waals surface area contributed by atoms with Crippen LogP contribution < -0.4 is 5.32 Å². The van der Waals surface area contributed by atoms with Gasteiger partial charge in [0.1, 0.15) is 0 Å². The Hall–Kier alpha value is -1.21.